The van der Waals surface area contributed by atoms with Crippen LogP contribution in [0.4, 0.5) is 18.9 Å². The van der Waals surface area contributed by atoms with Crippen LogP contribution in [-0.2, 0) is 6.18 Å². The molecular weight excluding hydrogens is 345 g/mol. The number of hydrogen-bond donors (Lipinski definition) is 2. The van der Waals surface area contributed by atoms with E-state index in [9.17, 15) is 13.2 Å². The van der Waals surface area contributed by atoms with Crippen molar-refractivity contribution >= 4 is 23.0 Å². The molecule has 2 aromatic rings. The Hall–Kier alpha value is -2.08. The van der Waals surface area contributed by atoms with Gasteiger partial charge in [0.1, 0.15) is 0 Å². The third kappa shape index (κ3) is 5.19. The van der Waals surface area contributed by atoms with Crippen LogP contribution in [-0.4, -0.2) is 5.11 Å². The number of alkyl halides is 3. The molecule has 2 nitrogen and oxygen atoms in total. The predicted octanol–water partition coefficient (Wildman–Crippen LogP) is 5.70. The maximum Gasteiger partial charge on any atom is 0.416 e. The smallest absolute Gasteiger partial charge is 0.355 e. The Labute approximate surface area is 151 Å². The summed E-state index contributed by atoms with van der Waals surface area (Å²) < 4.78 is 37.8. The minimum Gasteiger partial charge on any atom is -0.355 e. The molecule has 0 bridgehead atoms. The molecule has 0 aromatic heterocycles. The lowest BCUT2D eigenvalue weighted by molar-refractivity contribution is -0.137. The molecule has 6 heteroatoms. The zero-order chi connectivity index (χ0) is 18.6. The Balaban J connectivity index is 2.08. The van der Waals surface area contributed by atoms with Gasteiger partial charge in [0.15, 0.2) is 5.11 Å². The van der Waals surface area contributed by atoms with Gasteiger partial charge < -0.3 is 10.6 Å². The van der Waals surface area contributed by atoms with Gasteiger partial charge in [0.2, 0.25) is 0 Å². The first-order chi connectivity index (χ1) is 11.7. The third-order valence-corrected chi connectivity index (χ3v) is 4.17. The molecule has 0 amide bonds. The minimum atomic E-state index is -4.34. The van der Waals surface area contributed by atoms with Crippen LogP contribution in [0, 0.1) is 12.8 Å². The second-order valence-electron chi connectivity index (χ2n) is 6.25. The summed E-state index contributed by atoms with van der Waals surface area (Å²) in [6, 6.07) is 12.9. The van der Waals surface area contributed by atoms with Crippen molar-refractivity contribution in [1.29, 1.82) is 0 Å². The summed E-state index contributed by atoms with van der Waals surface area (Å²) in [4.78, 5) is 0. The van der Waals surface area contributed by atoms with Crippen LogP contribution in [0.2, 0.25) is 0 Å². The van der Waals surface area contributed by atoms with E-state index in [-0.39, 0.29) is 12.0 Å². The Morgan fingerprint density at radius 3 is 2.12 bits per heavy atom. The highest BCUT2D eigenvalue weighted by Crippen LogP contribution is 2.30. The van der Waals surface area contributed by atoms with Crippen LogP contribution in [0.1, 0.15) is 36.6 Å². The summed E-state index contributed by atoms with van der Waals surface area (Å²) in [6.45, 7) is 6.22. The predicted molar refractivity (Wildman–Crippen MR) is 99.6 cm³/mol. The van der Waals surface area contributed by atoms with E-state index in [0.717, 1.165) is 23.3 Å². The van der Waals surface area contributed by atoms with Gasteiger partial charge in [0, 0.05) is 5.69 Å². The standard InChI is InChI=1S/C19H21F3N2S/c1-12(2)17(16-7-5-4-6-13(16)3)24-18(25)23-15-10-8-14(9-11-15)19(20,21)22/h4-12,17H,1-3H3,(H2,23,24,25)/t17-/m1/s1. The highest BCUT2D eigenvalue weighted by molar-refractivity contribution is 7.80. The van der Waals surface area contributed by atoms with Crippen LogP contribution < -0.4 is 10.6 Å². The molecule has 25 heavy (non-hydrogen) atoms. The van der Waals surface area contributed by atoms with Crippen molar-refractivity contribution in [3.63, 3.8) is 0 Å². The van der Waals surface area contributed by atoms with Gasteiger partial charge in [-0.05, 0) is 60.5 Å². The van der Waals surface area contributed by atoms with Crippen molar-refractivity contribution < 1.29 is 13.2 Å². The van der Waals surface area contributed by atoms with E-state index in [1.54, 1.807) is 0 Å². The summed E-state index contributed by atoms with van der Waals surface area (Å²) >= 11 is 5.34. The van der Waals surface area contributed by atoms with Crippen molar-refractivity contribution in [2.24, 2.45) is 5.92 Å². The number of nitrogens with one attached hydrogen (secondary N) is 2. The Kier molecular flexibility index (Phi) is 6.06. The first-order valence-electron chi connectivity index (χ1n) is 7.99. The Bertz CT molecular complexity index is 724. The molecule has 0 aliphatic carbocycles. The molecule has 2 aromatic carbocycles. The molecule has 0 radical (unpaired) electrons. The van der Waals surface area contributed by atoms with Crippen molar-refractivity contribution in [3.8, 4) is 0 Å². The summed E-state index contributed by atoms with van der Waals surface area (Å²) in [5.41, 5.74) is 2.13. The van der Waals surface area contributed by atoms with E-state index in [2.05, 4.69) is 24.5 Å². The molecule has 2 N–H and O–H groups in total. The highest BCUT2D eigenvalue weighted by atomic mass is 32.1. The summed E-state index contributed by atoms with van der Waals surface area (Å²) in [7, 11) is 0. The van der Waals surface area contributed by atoms with E-state index < -0.39 is 11.7 Å². The summed E-state index contributed by atoms with van der Waals surface area (Å²) in [5, 5.41) is 6.59. The fourth-order valence-electron chi connectivity index (χ4n) is 2.59. The van der Waals surface area contributed by atoms with Crippen molar-refractivity contribution in [3.05, 3.63) is 65.2 Å². The first kappa shape index (κ1) is 19.2. The van der Waals surface area contributed by atoms with Gasteiger partial charge in [-0.2, -0.15) is 13.2 Å². The van der Waals surface area contributed by atoms with Crippen molar-refractivity contribution in [2.75, 3.05) is 5.32 Å². The van der Waals surface area contributed by atoms with Gasteiger partial charge in [0.25, 0.3) is 0 Å². The van der Waals surface area contributed by atoms with E-state index in [4.69, 9.17) is 12.2 Å². The normalized spacial score (nSPS) is 12.8. The molecule has 0 unspecified atom stereocenters. The third-order valence-electron chi connectivity index (χ3n) is 3.95. The summed E-state index contributed by atoms with van der Waals surface area (Å²) in [6.07, 6.45) is -4.34. The van der Waals surface area contributed by atoms with E-state index >= 15 is 0 Å². The molecule has 0 heterocycles. The highest BCUT2D eigenvalue weighted by Gasteiger charge is 2.30. The van der Waals surface area contributed by atoms with Gasteiger partial charge in [-0.1, -0.05) is 38.1 Å². The molecule has 1 atom stereocenters. The lowest BCUT2D eigenvalue weighted by Gasteiger charge is -2.26. The average molecular weight is 366 g/mol. The maximum atomic E-state index is 12.6. The van der Waals surface area contributed by atoms with Crippen molar-refractivity contribution in [2.45, 2.75) is 33.0 Å². The van der Waals surface area contributed by atoms with Gasteiger partial charge in [-0.3, -0.25) is 0 Å². The molecule has 0 spiro atoms. The Morgan fingerprint density at radius 1 is 1.00 bits per heavy atom. The van der Waals surface area contributed by atoms with Gasteiger partial charge in [0.05, 0.1) is 11.6 Å². The topological polar surface area (TPSA) is 24.1 Å². The largest absolute Gasteiger partial charge is 0.416 e. The molecular formula is C19H21F3N2S. The maximum absolute atomic E-state index is 12.6. The SMILES string of the molecule is Cc1ccccc1[C@H](NC(=S)Nc1ccc(C(F)(F)F)cc1)C(C)C. The van der Waals surface area contributed by atoms with Crippen LogP contribution in [0.25, 0.3) is 0 Å². The molecule has 0 saturated heterocycles. The van der Waals surface area contributed by atoms with Gasteiger partial charge >= 0.3 is 6.18 Å². The Morgan fingerprint density at radius 2 is 1.60 bits per heavy atom. The first-order valence-corrected chi connectivity index (χ1v) is 8.39. The van der Waals surface area contributed by atoms with Gasteiger partial charge in [-0.15, -0.1) is 0 Å². The van der Waals surface area contributed by atoms with Crippen LogP contribution in [0.15, 0.2) is 48.5 Å². The quantitative estimate of drug-likeness (QED) is 0.679. The van der Waals surface area contributed by atoms with E-state index in [0.29, 0.717) is 10.8 Å². The zero-order valence-electron chi connectivity index (χ0n) is 14.3. The van der Waals surface area contributed by atoms with E-state index in [1.807, 2.05) is 31.2 Å². The number of benzene rings is 2. The van der Waals surface area contributed by atoms with E-state index in [1.165, 1.54) is 12.1 Å². The van der Waals surface area contributed by atoms with Crippen LogP contribution in [0.3, 0.4) is 0 Å². The lowest BCUT2D eigenvalue weighted by atomic mass is 9.93. The van der Waals surface area contributed by atoms with Crippen LogP contribution in [0.5, 0.6) is 0 Å². The van der Waals surface area contributed by atoms with Crippen molar-refractivity contribution in [1.82, 2.24) is 5.32 Å². The number of anilines is 1. The minimum absolute atomic E-state index is 0.00986. The second-order valence-corrected chi connectivity index (χ2v) is 6.66. The summed E-state index contributed by atoms with van der Waals surface area (Å²) in [5.74, 6) is 0.286. The fourth-order valence-corrected chi connectivity index (χ4v) is 2.84. The number of halogens is 3. The number of hydrogen-bond acceptors (Lipinski definition) is 1. The number of thiocarbonyl (C=S) groups is 1. The monoisotopic (exact) mass is 366 g/mol. The molecule has 134 valence electrons. The fraction of sp³-hybridized carbons (Fsp3) is 0.316. The molecule has 0 fully saturated rings. The number of aryl methyl sites for hydroxylation is 1. The number of rotatable bonds is 4. The van der Waals surface area contributed by atoms with Gasteiger partial charge in [-0.25, -0.2) is 0 Å². The molecule has 0 aliphatic heterocycles. The second kappa shape index (κ2) is 7.87. The molecule has 0 saturated carbocycles. The zero-order valence-corrected chi connectivity index (χ0v) is 15.1. The molecule has 2 rings (SSSR count). The average Bonchev–Trinajstić information content (AvgIpc) is 2.53. The van der Waals surface area contributed by atoms with Crippen LogP contribution >= 0.6 is 12.2 Å². The molecule has 0 aliphatic rings. The lowest BCUT2D eigenvalue weighted by Crippen LogP contribution is -2.35.